The topological polar surface area (TPSA) is 12.4 Å². The molecule has 84 valence electrons. The molecule has 1 heterocycles. The van der Waals surface area contributed by atoms with Crippen LogP contribution in [0.2, 0.25) is 0 Å². The van der Waals surface area contributed by atoms with Gasteiger partial charge in [-0.15, -0.1) is 0 Å². The van der Waals surface area contributed by atoms with Crippen molar-refractivity contribution < 1.29 is 8.22 Å². The number of aryl methyl sites for hydroxylation is 1. The molecule has 2 aromatic rings. The summed E-state index contributed by atoms with van der Waals surface area (Å²) in [6.45, 7) is -4.39. The molecule has 0 saturated carbocycles. The number of nitrogens with zero attached hydrogens (tertiary/aromatic N) is 1. The van der Waals surface area contributed by atoms with Gasteiger partial charge in [0, 0.05) is 14.1 Å². The van der Waals surface area contributed by atoms with E-state index in [1.165, 1.54) is 12.1 Å². The minimum atomic E-state index is -2.21. The van der Waals surface area contributed by atoms with Crippen LogP contribution in [0.3, 0.4) is 0 Å². The Bertz CT molecular complexity index is 755. The Labute approximate surface area is 110 Å². The second-order valence-electron chi connectivity index (χ2n) is 4.07. The van der Waals surface area contributed by atoms with Gasteiger partial charge in [0.05, 0.1) is 11.4 Å². The number of rotatable bonds is 1. The van der Waals surface area contributed by atoms with E-state index >= 15 is 0 Å². The average Bonchev–Trinajstić information content (AvgIpc) is 2.86. The van der Waals surface area contributed by atoms with Crippen LogP contribution in [-0.4, -0.2) is 5.71 Å². The highest BCUT2D eigenvalue weighted by Crippen LogP contribution is 2.36. The van der Waals surface area contributed by atoms with E-state index in [0.717, 1.165) is 0 Å². The molecule has 0 radical (unpaired) electrons. The van der Waals surface area contributed by atoms with Crippen LogP contribution in [-0.2, 0) is 0 Å². The third-order valence-electron chi connectivity index (χ3n) is 2.94. The van der Waals surface area contributed by atoms with Gasteiger partial charge >= 0.3 is 0 Å². The zero-order valence-corrected chi connectivity index (χ0v) is 9.14. The summed E-state index contributed by atoms with van der Waals surface area (Å²) in [5.41, 5.74) is 2.66. The van der Waals surface area contributed by atoms with Gasteiger partial charge in [0.2, 0.25) is 0 Å². The van der Waals surface area contributed by atoms with E-state index < -0.39 is 19.6 Å². The first-order valence-electron chi connectivity index (χ1n) is 8.46. The highest BCUT2D eigenvalue weighted by molar-refractivity contribution is 6.09. The molecule has 0 fully saturated rings. The van der Waals surface area contributed by atoms with E-state index in [9.17, 15) is 0 Å². The van der Waals surface area contributed by atoms with Crippen LogP contribution in [0.25, 0.3) is 0 Å². The standard InChI is InChI=1S/C16H15N/c1-11-7-9-13(10-8-11)16-12(2)14-5-3-4-6-15(14)17-16/h3-10,12H,1-2H3/i1D3,2D3. The molecule has 1 nitrogen and oxygen atoms in total. The fraction of sp³-hybridized carbons (Fsp3) is 0.188. The van der Waals surface area contributed by atoms with Gasteiger partial charge in [-0.2, -0.15) is 0 Å². The van der Waals surface area contributed by atoms with E-state index in [0.29, 0.717) is 22.5 Å². The third-order valence-corrected chi connectivity index (χ3v) is 2.94. The fourth-order valence-electron chi connectivity index (χ4n) is 2.05. The molecular weight excluding hydrogens is 206 g/mol. The van der Waals surface area contributed by atoms with Gasteiger partial charge in [-0.3, -0.25) is 4.99 Å². The van der Waals surface area contributed by atoms with Gasteiger partial charge < -0.3 is 0 Å². The minimum absolute atomic E-state index is 0.225. The zero-order chi connectivity index (χ0) is 16.8. The maximum Gasteiger partial charge on any atom is 0.0672 e. The van der Waals surface area contributed by atoms with Gasteiger partial charge in [-0.05, 0) is 24.0 Å². The van der Waals surface area contributed by atoms with Crippen molar-refractivity contribution in [1.29, 1.82) is 0 Å². The number of hydrogen-bond donors (Lipinski definition) is 0. The van der Waals surface area contributed by atoms with E-state index in [4.69, 9.17) is 8.22 Å². The molecule has 0 N–H and O–H groups in total. The molecule has 1 unspecified atom stereocenters. The highest BCUT2D eigenvalue weighted by Gasteiger charge is 2.23. The molecule has 2 aromatic carbocycles. The second-order valence-corrected chi connectivity index (χ2v) is 4.07. The lowest BCUT2D eigenvalue weighted by Crippen LogP contribution is -2.05. The molecule has 17 heavy (non-hydrogen) atoms. The Balaban J connectivity index is 2.05. The van der Waals surface area contributed by atoms with Gasteiger partial charge in [0.25, 0.3) is 0 Å². The number of aliphatic imine (C=N–C) groups is 1. The minimum Gasteiger partial charge on any atom is -0.252 e. The van der Waals surface area contributed by atoms with E-state index in [-0.39, 0.29) is 5.56 Å². The van der Waals surface area contributed by atoms with Gasteiger partial charge in [0.15, 0.2) is 0 Å². The summed E-state index contributed by atoms with van der Waals surface area (Å²) < 4.78 is 45.8. The molecule has 1 heteroatoms. The van der Waals surface area contributed by atoms with Crippen molar-refractivity contribution in [1.82, 2.24) is 0 Å². The van der Waals surface area contributed by atoms with Gasteiger partial charge in [0.1, 0.15) is 0 Å². The number of para-hydroxylation sites is 1. The Morgan fingerprint density at radius 3 is 2.65 bits per heavy atom. The molecular formula is C16H15N. The highest BCUT2D eigenvalue weighted by atomic mass is 14.8. The van der Waals surface area contributed by atoms with Gasteiger partial charge in [-0.25, -0.2) is 0 Å². The lowest BCUT2D eigenvalue weighted by molar-refractivity contribution is 1.05. The summed E-state index contributed by atoms with van der Waals surface area (Å²) in [4.78, 5) is 4.48. The fourth-order valence-corrected chi connectivity index (χ4v) is 2.05. The maximum atomic E-state index is 7.84. The third kappa shape index (κ3) is 1.68. The Morgan fingerprint density at radius 2 is 1.88 bits per heavy atom. The summed E-state index contributed by atoms with van der Waals surface area (Å²) in [6, 6.07) is 13.5. The molecule has 0 saturated heterocycles. The van der Waals surface area contributed by atoms with Crippen molar-refractivity contribution >= 4 is 11.4 Å². The first-order chi connectivity index (χ1) is 10.7. The molecule has 1 atom stereocenters. The van der Waals surface area contributed by atoms with Crippen LogP contribution in [0.15, 0.2) is 53.5 Å². The van der Waals surface area contributed by atoms with Gasteiger partial charge in [-0.1, -0.05) is 54.9 Å². The zero-order valence-electron chi connectivity index (χ0n) is 15.1. The molecule has 1 aliphatic heterocycles. The Hall–Kier alpha value is -1.89. The SMILES string of the molecule is [2H]C([2H])([2H])c1ccc(C2=Nc3ccccc3C2C([2H])([2H])[2H])cc1. The van der Waals surface area contributed by atoms with Crippen molar-refractivity contribution in [2.45, 2.75) is 19.6 Å². The summed E-state index contributed by atoms with van der Waals surface area (Å²) in [7, 11) is 0. The normalized spacial score (nSPS) is 24.5. The first kappa shape index (κ1) is 5.63. The summed E-state index contributed by atoms with van der Waals surface area (Å²) in [5.74, 6) is -0.794. The predicted molar refractivity (Wildman–Crippen MR) is 72.2 cm³/mol. The average molecular weight is 227 g/mol. The summed E-state index contributed by atoms with van der Waals surface area (Å²) in [6.07, 6.45) is 0. The molecule has 0 aromatic heterocycles. The van der Waals surface area contributed by atoms with E-state index in [1.54, 1.807) is 30.3 Å². The van der Waals surface area contributed by atoms with Crippen molar-refractivity contribution in [3.8, 4) is 0 Å². The van der Waals surface area contributed by atoms with Crippen molar-refractivity contribution in [2.75, 3.05) is 0 Å². The first-order valence-corrected chi connectivity index (χ1v) is 5.46. The van der Waals surface area contributed by atoms with Crippen LogP contribution >= 0.6 is 0 Å². The monoisotopic (exact) mass is 227 g/mol. The van der Waals surface area contributed by atoms with Crippen molar-refractivity contribution in [3.05, 3.63) is 65.2 Å². The molecule has 0 spiro atoms. The smallest absolute Gasteiger partial charge is 0.0672 e. The van der Waals surface area contributed by atoms with E-state index in [2.05, 4.69) is 4.99 Å². The number of fused-ring (bicyclic) bond motifs is 1. The van der Waals surface area contributed by atoms with Crippen LogP contribution in [0.1, 0.15) is 37.7 Å². The predicted octanol–water partition coefficient (Wildman–Crippen LogP) is 4.23. The molecule has 0 bridgehead atoms. The lowest BCUT2D eigenvalue weighted by Gasteiger charge is -2.08. The molecule has 0 aliphatic carbocycles. The molecule has 1 aliphatic rings. The van der Waals surface area contributed by atoms with Crippen LogP contribution < -0.4 is 0 Å². The second kappa shape index (κ2) is 3.85. The summed E-state index contributed by atoms with van der Waals surface area (Å²) >= 11 is 0. The number of hydrogen-bond acceptors (Lipinski definition) is 1. The molecule has 3 rings (SSSR count). The molecule has 0 amide bonds. The quantitative estimate of drug-likeness (QED) is 0.691. The van der Waals surface area contributed by atoms with Crippen LogP contribution in [0.5, 0.6) is 0 Å². The van der Waals surface area contributed by atoms with Crippen molar-refractivity contribution in [2.24, 2.45) is 4.99 Å². The van der Waals surface area contributed by atoms with E-state index in [1.807, 2.05) is 6.07 Å². The lowest BCUT2D eigenvalue weighted by atomic mass is 9.93. The van der Waals surface area contributed by atoms with Crippen LogP contribution in [0, 0.1) is 6.85 Å². The Morgan fingerprint density at radius 1 is 1.06 bits per heavy atom. The number of benzene rings is 2. The van der Waals surface area contributed by atoms with Crippen molar-refractivity contribution in [3.63, 3.8) is 0 Å². The van der Waals surface area contributed by atoms with Crippen LogP contribution in [0.4, 0.5) is 5.69 Å². The Kier molecular flexibility index (Phi) is 1.27. The largest absolute Gasteiger partial charge is 0.252 e. The summed E-state index contributed by atoms with van der Waals surface area (Å²) in [5, 5.41) is 0. The maximum absolute atomic E-state index is 7.84.